The number of carbonyl (C=O) groups excluding carboxylic acids is 1. The first-order valence-electron chi connectivity index (χ1n) is 7.02. The number of amides is 1. The summed E-state index contributed by atoms with van der Waals surface area (Å²) in [6.07, 6.45) is 4.62. The summed E-state index contributed by atoms with van der Waals surface area (Å²) in [6.45, 7) is 1.79. The Morgan fingerprint density at radius 3 is 2.56 bits per heavy atom. The van der Waals surface area contributed by atoms with E-state index in [1.165, 1.54) is 12.3 Å². The van der Waals surface area contributed by atoms with Crippen molar-refractivity contribution in [1.29, 1.82) is 0 Å². The Bertz CT molecular complexity index is 955. The van der Waals surface area contributed by atoms with Gasteiger partial charge in [-0.15, -0.1) is 0 Å². The van der Waals surface area contributed by atoms with Crippen molar-refractivity contribution in [2.24, 2.45) is 0 Å². The largest absolute Gasteiger partial charge is 0.503 e. The van der Waals surface area contributed by atoms with Gasteiger partial charge in [0.1, 0.15) is 11.6 Å². The van der Waals surface area contributed by atoms with Crippen molar-refractivity contribution < 1.29 is 23.1 Å². The number of hydrogen-bond acceptors (Lipinski definition) is 4. The number of carbonyl (C=O) groups is 1. The highest BCUT2D eigenvalue weighted by Gasteiger charge is 2.22. The predicted octanol–water partition coefficient (Wildman–Crippen LogP) is 2.95. The van der Waals surface area contributed by atoms with E-state index in [9.17, 15) is 18.0 Å². The van der Waals surface area contributed by atoms with E-state index in [1.807, 2.05) is 0 Å². The van der Waals surface area contributed by atoms with E-state index in [1.54, 1.807) is 30.0 Å². The lowest BCUT2D eigenvalue weighted by molar-refractivity contribution is 0.102. The van der Waals surface area contributed by atoms with Gasteiger partial charge in [-0.05, 0) is 25.1 Å². The van der Waals surface area contributed by atoms with Gasteiger partial charge in [0, 0.05) is 12.4 Å². The Labute approximate surface area is 139 Å². The molecule has 0 unspecified atom stereocenters. The van der Waals surface area contributed by atoms with E-state index >= 15 is 0 Å². The van der Waals surface area contributed by atoms with Crippen LogP contribution in [0.25, 0.3) is 5.82 Å². The van der Waals surface area contributed by atoms with Crippen molar-refractivity contribution >= 4 is 11.6 Å². The minimum atomic E-state index is -1.75. The summed E-state index contributed by atoms with van der Waals surface area (Å²) < 4.78 is 41.8. The fraction of sp³-hybridized carbons (Fsp3) is 0.0625. The van der Waals surface area contributed by atoms with E-state index in [-0.39, 0.29) is 5.69 Å². The smallest absolute Gasteiger partial charge is 0.258 e. The quantitative estimate of drug-likeness (QED) is 0.713. The van der Waals surface area contributed by atoms with Crippen LogP contribution in [0.15, 0.2) is 36.8 Å². The summed E-state index contributed by atoms with van der Waals surface area (Å²) in [7, 11) is 0. The van der Waals surface area contributed by atoms with Crippen molar-refractivity contribution in [3.05, 3.63) is 65.6 Å². The number of phenolic OH excluding ortho intramolecular Hbond substituents is 1. The maximum absolute atomic E-state index is 13.7. The second-order valence-corrected chi connectivity index (χ2v) is 5.09. The molecule has 0 fully saturated rings. The number of rotatable bonds is 3. The van der Waals surface area contributed by atoms with Gasteiger partial charge in [-0.1, -0.05) is 0 Å². The number of anilines is 1. The number of aromatic nitrogens is 3. The summed E-state index contributed by atoms with van der Waals surface area (Å²) >= 11 is 0. The van der Waals surface area contributed by atoms with Crippen LogP contribution in [0.3, 0.4) is 0 Å². The van der Waals surface area contributed by atoms with Crippen LogP contribution in [0.5, 0.6) is 5.75 Å². The van der Waals surface area contributed by atoms with Crippen molar-refractivity contribution in [2.75, 3.05) is 5.32 Å². The van der Waals surface area contributed by atoms with Gasteiger partial charge in [0.25, 0.3) is 5.91 Å². The van der Waals surface area contributed by atoms with Crippen LogP contribution < -0.4 is 5.32 Å². The molecule has 0 aliphatic rings. The molecule has 128 valence electrons. The monoisotopic (exact) mass is 348 g/mol. The second-order valence-electron chi connectivity index (χ2n) is 5.09. The zero-order valence-corrected chi connectivity index (χ0v) is 12.8. The van der Waals surface area contributed by atoms with E-state index in [0.29, 0.717) is 17.7 Å². The van der Waals surface area contributed by atoms with Crippen molar-refractivity contribution in [3.8, 4) is 11.6 Å². The van der Waals surface area contributed by atoms with Crippen LogP contribution in [0.4, 0.5) is 18.9 Å². The molecule has 0 spiro atoms. The maximum Gasteiger partial charge on any atom is 0.258 e. The number of pyridine rings is 1. The highest BCUT2D eigenvalue weighted by Crippen LogP contribution is 2.26. The maximum atomic E-state index is 13.7. The summed E-state index contributed by atoms with van der Waals surface area (Å²) in [5, 5.41) is 11.5. The number of nitrogens with one attached hydrogen (secondary N) is 1. The Hall–Kier alpha value is -3.36. The molecule has 6 nitrogen and oxygen atoms in total. The van der Waals surface area contributed by atoms with Gasteiger partial charge < -0.3 is 10.4 Å². The normalized spacial score (nSPS) is 10.7. The van der Waals surface area contributed by atoms with Crippen LogP contribution >= 0.6 is 0 Å². The number of benzene rings is 1. The number of aromatic hydroxyl groups is 1. The molecule has 0 aliphatic carbocycles. The molecule has 0 radical (unpaired) electrons. The molecular formula is C16H11F3N4O2. The third-order valence-electron chi connectivity index (χ3n) is 3.46. The van der Waals surface area contributed by atoms with Gasteiger partial charge in [-0.2, -0.15) is 4.39 Å². The highest BCUT2D eigenvalue weighted by atomic mass is 19.2. The second kappa shape index (κ2) is 6.27. The first-order chi connectivity index (χ1) is 11.9. The average molecular weight is 348 g/mol. The molecule has 0 saturated heterocycles. The molecule has 0 aliphatic heterocycles. The van der Waals surface area contributed by atoms with Gasteiger partial charge in [0.15, 0.2) is 17.4 Å². The lowest BCUT2D eigenvalue weighted by Gasteiger charge is -2.09. The lowest BCUT2D eigenvalue weighted by atomic mass is 10.1. The van der Waals surface area contributed by atoms with Crippen molar-refractivity contribution in [1.82, 2.24) is 14.5 Å². The standard InChI is InChI=1S/C16H11F3N4O2/c1-8-20-4-5-23(8)12-3-2-9(7-21-12)22-16(25)10-6-11(17)14(19)15(24)13(10)18/h2-7,24H,1H3,(H,22,25). The fourth-order valence-corrected chi connectivity index (χ4v) is 2.18. The summed E-state index contributed by atoms with van der Waals surface area (Å²) in [5.74, 6) is -6.18. The number of imidazole rings is 1. The van der Waals surface area contributed by atoms with Gasteiger partial charge in [0.05, 0.1) is 17.4 Å². The van der Waals surface area contributed by atoms with Gasteiger partial charge >= 0.3 is 0 Å². The lowest BCUT2D eigenvalue weighted by Crippen LogP contribution is -2.15. The minimum Gasteiger partial charge on any atom is -0.503 e. The zero-order chi connectivity index (χ0) is 18.1. The molecule has 0 saturated carbocycles. The highest BCUT2D eigenvalue weighted by molar-refractivity contribution is 6.04. The van der Waals surface area contributed by atoms with E-state index in [4.69, 9.17) is 5.11 Å². The summed E-state index contributed by atoms with van der Waals surface area (Å²) in [6, 6.07) is 3.46. The molecular weight excluding hydrogens is 337 g/mol. The molecule has 9 heteroatoms. The fourth-order valence-electron chi connectivity index (χ4n) is 2.18. The van der Waals surface area contributed by atoms with E-state index in [0.717, 1.165) is 0 Å². The van der Waals surface area contributed by atoms with Gasteiger partial charge in [-0.25, -0.2) is 18.7 Å². The first-order valence-corrected chi connectivity index (χ1v) is 7.02. The van der Waals surface area contributed by atoms with E-state index < -0.39 is 34.7 Å². The molecule has 2 heterocycles. The molecule has 25 heavy (non-hydrogen) atoms. The van der Waals surface area contributed by atoms with Crippen molar-refractivity contribution in [3.63, 3.8) is 0 Å². The Kier molecular flexibility index (Phi) is 4.14. The van der Waals surface area contributed by atoms with Crippen LogP contribution in [0.2, 0.25) is 0 Å². The molecule has 2 aromatic heterocycles. The SMILES string of the molecule is Cc1nccn1-c1ccc(NC(=O)c2cc(F)c(F)c(O)c2F)cn1. The summed E-state index contributed by atoms with van der Waals surface area (Å²) in [4.78, 5) is 20.2. The molecule has 3 aromatic rings. The van der Waals surface area contributed by atoms with Gasteiger partial charge in [0.2, 0.25) is 5.82 Å². The summed E-state index contributed by atoms with van der Waals surface area (Å²) in [5.41, 5.74) is -0.624. The van der Waals surface area contributed by atoms with Crippen LogP contribution in [-0.2, 0) is 0 Å². The molecule has 2 N–H and O–H groups in total. The molecule has 0 bridgehead atoms. The topological polar surface area (TPSA) is 80.0 Å². The molecule has 0 atom stereocenters. The van der Waals surface area contributed by atoms with Crippen LogP contribution in [0.1, 0.15) is 16.2 Å². The molecule has 3 rings (SSSR count). The molecule has 1 aromatic carbocycles. The predicted molar refractivity (Wildman–Crippen MR) is 82.0 cm³/mol. The van der Waals surface area contributed by atoms with Crippen LogP contribution in [0, 0.1) is 24.4 Å². The number of hydrogen-bond donors (Lipinski definition) is 2. The van der Waals surface area contributed by atoms with Crippen molar-refractivity contribution in [2.45, 2.75) is 6.92 Å². The Morgan fingerprint density at radius 2 is 1.96 bits per heavy atom. The van der Waals surface area contributed by atoms with Gasteiger partial charge in [-0.3, -0.25) is 9.36 Å². The average Bonchev–Trinajstić information content (AvgIpc) is 3.03. The number of nitrogens with zero attached hydrogens (tertiary/aromatic N) is 3. The zero-order valence-electron chi connectivity index (χ0n) is 12.8. The number of aryl methyl sites for hydroxylation is 1. The Morgan fingerprint density at radius 1 is 1.20 bits per heavy atom. The Balaban J connectivity index is 1.84. The first kappa shape index (κ1) is 16.5. The number of phenols is 1. The third kappa shape index (κ3) is 3.03. The number of halogens is 3. The van der Waals surface area contributed by atoms with E-state index in [2.05, 4.69) is 15.3 Å². The third-order valence-corrected chi connectivity index (χ3v) is 3.46. The minimum absolute atomic E-state index is 0.204. The molecule has 1 amide bonds. The van der Waals surface area contributed by atoms with Crippen LogP contribution in [-0.4, -0.2) is 25.5 Å².